The molecule has 2 amide bonds. The maximum Gasteiger partial charge on any atom is 0.267 e. The van der Waals surface area contributed by atoms with Gasteiger partial charge in [0.25, 0.3) is 11.8 Å². The number of aliphatic hydroxyl groups excluding tert-OH is 1. The van der Waals surface area contributed by atoms with E-state index in [9.17, 15) is 9.59 Å². The molecule has 1 aromatic heterocycles. The Bertz CT molecular complexity index is 1040. The van der Waals surface area contributed by atoms with Crippen molar-refractivity contribution in [2.75, 3.05) is 13.2 Å². The minimum Gasteiger partial charge on any atom is -0.395 e. The van der Waals surface area contributed by atoms with E-state index in [2.05, 4.69) is 10.6 Å². The number of halogens is 1. The molecule has 0 saturated carbocycles. The standard InChI is InChI=1S/C22H23N3O3.ClH/c1-15-7-9-16(10-8-15)21(27)24-19(22(28)23-11-12-26)13-17-14-25(2)20-6-4-3-5-18(17)20;/h3-10,13-14,26H,11-12H2,1-2H3,(H,23,28)(H,24,27);1H. The molecule has 0 aliphatic rings. The molecule has 0 aliphatic heterocycles. The smallest absolute Gasteiger partial charge is 0.267 e. The average Bonchev–Trinajstić information content (AvgIpc) is 3.02. The predicted octanol–water partition coefficient (Wildman–Crippen LogP) is 2.79. The number of aliphatic hydroxyl groups is 1. The number of aromatic nitrogens is 1. The lowest BCUT2D eigenvalue weighted by atomic mass is 10.1. The average molecular weight is 414 g/mol. The second-order valence-corrected chi connectivity index (χ2v) is 6.57. The molecule has 29 heavy (non-hydrogen) atoms. The maximum atomic E-state index is 12.6. The molecule has 152 valence electrons. The van der Waals surface area contributed by atoms with Gasteiger partial charge in [-0.25, -0.2) is 0 Å². The van der Waals surface area contributed by atoms with Crippen molar-refractivity contribution in [1.82, 2.24) is 15.2 Å². The van der Waals surface area contributed by atoms with Gasteiger partial charge in [-0.05, 0) is 31.2 Å². The van der Waals surface area contributed by atoms with Gasteiger partial charge in [-0.1, -0.05) is 35.9 Å². The number of carbonyl (C=O) groups excluding carboxylic acids is 2. The highest BCUT2D eigenvalue weighted by Crippen LogP contribution is 2.22. The summed E-state index contributed by atoms with van der Waals surface area (Å²) in [4.78, 5) is 25.2. The number of carbonyl (C=O) groups is 2. The van der Waals surface area contributed by atoms with Crippen molar-refractivity contribution in [3.63, 3.8) is 0 Å². The molecule has 0 atom stereocenters. The maximum absolute atomic E-state index is 12.6. The first kappa shape index (κ1) is 22.2. The molecule has 0 unspecified atom stereocenters. The minimum absolute atomic E-state index is 0. The van der Waals surface area contributed by atoms with Gasteiger partial charge in [0.1, 0.15) is 5.70 Å². The van der Waals surface area contributed by atoms with Crippen LogP contribution in [-0.2, 0) is 11.8 Å². The number of amides is 2. The molecule has 1 heterocycles. The Labute approximate surface area is 175 Å². The van der Waals surface area contributed by atoms with Gasteiger partial charge in [0.15, 0.2) is 0 Å². The first-order chi connectivity index (χ1) is 13.5. The zero-order chi connectivity index (χ0) is 20.1. The van der Waals surface area contributed by atoms with Gasteiger partial charge in [0.2, 0.25) is 0 Å². The SMILES string of the molecule is Cc1ccc(C(=O)NC(=Cc2cn(C)c3ccccc23)C(=O)NCCO)cc1.Cl. The van der Waals surface area contributed by atoms with Gasteiger partial charge in [0, 0.05) is 41.8 Å². The summed E-state index contributed by atoms with van der Waals surface area (Å²) in [6, 6.07) is 14.9. The summed E-state index contributed by atoms with van der Waals surface area (Å²) >= 11 is 0. The lowest BCUT2D eigenvalue weighted by molar-refractivity contribution is -0.117. The summed E-state index contributed by atoms with van der Waals surface area (Å²) in [6.45, 7) is 1.86. The first-order valence-corrected chi connectivity index (χ1v) is 9.02. The van der Waals surface area contributed by atoms with Crippen LogP contribution in [0.2, 0.25) is 0 Å². The number of aryl methyl sites for hydroxylation is 2. The lowest BCUT2D eigenvalue weighted by Gasteiger charge is -2.10. The highest BCUT2D eigenvalue weighted by molar-refractivity contribution is 6.06. The second kappa shape index (κ2) is 9.91. The fourth-order valence-corrected chi connectivity index (χ4v) is 2.97. The van der Waals surface area contributed by atoms with Crippen molar-refractivity contribution in [1.29, 1.82) is 0 Å². The van der Waals surface area contributed by atoms with Crippen LogP contribution in [-0.4, -0.2) is 34.6 Å². The summed E-state index contributed by atoms with van der Waals surface area (Å²) in [7, 11) is 1.93. The van der Waals surface area contributed by atoms with Crippen LogP contribution in [0.5, 0.6) is 0 Å². The van der Waals surface area contributed by atoms with Crippen LogP contribution < -0.4 is 10.6 Å². The molecule has 0 aliphatic carbocycles. The van der Waals surface area contributed by atoms with E-state index < -0.39 is 5.91 Å². The van der Waals surface area contributed by atoms with E-state index in [0.717, 1.165) is 22.0 Å². The Morgan fingerprint density at radius 1 is 1.10 bits per heavy atom. The van der Waals surface area contributed by atoms with Crippen molar-refractivity contribution >= 4 is 41.2 Å². The third-order valence-electron chi connectivity index (χ3n) is 4.43. The van der Waals surface area contributed by atoms with Gasteiger partial charge in [0.05, 0.1) is 6.61 Å². The zero-order valence-electron chi connectivity index (χ0n) is 16.3. The Kier molecular flexibility index (Phi) is 7.59. The Balaban J connectivity index is 0.00000300. The van der Waals surface area contributed by atoms with Gasteiger partial charge in [-0.2, -0.15) is 0 Å². The first-order valence-electron chi connectivity index (χ1n) is 9.02. The highest BCUT2D eigenvalue weighted by atomic mass is 35.5. The van der Waals surface area contributed by atoms with E-state index in [1.54, 1.807) is 18.2 Å². The van der Waals surface area contributed by atoms with E-state index >= 15 is 0 Å². The largest absolute Gasteiger partial charge is 0.395 e. The highest BCUT2D eigenvalue weighted by Gasteiger charge is 2.15. The van der Waals surface area contributed by atoms with Gasteiger partial charge >= 0.3 is 0 Å². The Morgan fingerprint density at radius 3 is 2.48 bits per heavy atom. The number of rotatable bonds is 6. The van der Waals surface area contributed by atoms with Crippen molar-refractivity contribution in [2.24, 2.45) is 7.05 Å². The predicted molar refractivity (Wildman–Crippen MR) is 117 cm³/mol. The Hall–Kier alpha value is -3.09. The third kappa shape index (κ3) is 5.25. The topological polar surface area (TPSA) is 83.4 Å². The van der Waals surface area contributed by atoms with Gasteiger partial charge in [-0.15, -0.1) is 12.4 Å². The summed E-state index contributed by atoms with van der Waals surface area (Å²) < 4.78 is 1.96. The van der Waals surface area contributed by atoms with Crippen LogP contribution >= 0.6 is 12.4 Å². The van der Waals surface area contributed by atoms with Crippen LogP contribution in [0, 0.1) is 6.92 Å². The van der Waals surface area contributed by atoms with Crippen LogP contribution in [0.3, 0.4) is 0 Å². The Morgan fingerprint density at radius 2 is 1.79 bits per heavy atom. The van der Waals surface area contributed by atoms with Crippen LogP contribution in [0.1, 0.15) is 21.5 Å². The molecule has 0 bridgehead atoms. The molecule has 2 aromatic carbocycles. The normalized spacial score (nSPS) is 11.1. The number of hydrogen-bond acceptors (Lipinski definition) is 3. The van der Waals surface area contributed by atoms with Crippen LogP contribution in [0.4, 0.5) is 0 Å². The molecule has 0 radical (unpaired) electrons. The number of hydrogen-bond donors (Lipinski definition) is 3. The fraction of sp³-hybridized carbons (Fsp3) is 0.182. The van der Waals surface area contributed by atoms with Crippen molar-refractivity contribution in [3.05, 3.63) is 77.1 Å². The number of benzene rings is 2. The quantitative estimate of drug-likeness (QED) is 0.543. The monoisotopic (exact) mass is 413 g/mol. The van der Waals surface area contributed by atoms with E-state index in [1.165, 1.54) is 0 Å². The van der Waals surface area contributed by atoms with Gasteiger partial charge < -0.3 is 20.3 Å². The van der Waals surface area contributed by atoms with E-state index in [-0.39, 0.29) is 37.2 Å². The molecule has 0 fully saturated rings. The molecule has 3 aromatic rings. The van der Waals surface area contributed by atoms with Crippen molar-refractivity contribution in [3.8, 4) is 0 Å². The molecule has 0 saturated heterocycles. The summed E-state index contributed by atoms with van der Waals surface area (Å²) in [5.74, 6) is -0.826. The molecule has 3 rings (SSSR count). The van der Waals surface area contributed by atoms with E-state index in [1.807, 2.05) is 61.1 Å². The fourth-order valence-electron chi connectivity index (χ4n) is 2.97. The molecule has 3 N–H and O–H groups in total. The number of para-hydroxylation sites is 1. The molecule has 0 spiro atoms. The number of fused-ring (bicyclic) bond motifs is 1. The molecular formula is C22H24ClN3O3. The van der Waals surface area contributed by atoms with Crippen LogP contribution in [0.25, 0.3) is 17.0 Å². The summed E-state index contributed by atoms with van der Waals surface area (Å²) in [5, 5.41) is 15.3. The minimum atomic E-state index is -0.456. The van der Waals surface area contributed by atoms with E-state index in [0.29, 0.717) is 5.56 Å². The van der Waals surface area contributed by atoms with Crippen molar-refractivity contribution < 1.29 is 14.7 Å². The second-order valence-electron chi connectivity index (χ2n) is 6.57. The summed E-state index contributed by atoms with van der Waals surface area (Å²) in [6.07, 6.45) is 3.56. The number of nitrogens with one attached hydrogen (secondary N) is 2. The molecular weight excluding hydrogens is 390 g/mol. The van der Waals surface area contributed by atoms with Crippen molar-refractivity contribution in [2.45, 2.75) is 6.92 Å². The molecule has 7 heteroatoms. The van der Waals surface area contributed by atoms with Crippen LogP contribution in [0.15, 0.2) is 60.4 Å². The number of nitrogens with zero attached hydrogens (tertiary/aromatic N) is 1. The zero-order valence-corrected chi connectivity index (χ0v) is 17.1. The van der Waals surface area contributed by atoms with Gasteiger partial charge in [-0.3, -0.25) is 9.59 Å². The summed E-state index contributed by atoms with van der Waals surface area (Å²) in [5.41, 5.74) is 3.47. The third-order valence-corrected chi connectivity index (χ3v) is 4.43. The molecule has 6 nitrogen and oxygen atoms in total. The lowest BCUT2D eigenvalue weighted by Crippen LogP contribution is -2.36. The van der Waals surface area contributed by atoms with E-state index in [4.69, 9.17) is 5.11 Å².